The van der Waals surface area contributed by atoms with Crippen molar-refractivity contribution in [1.82, 2.24) is 10.6 Å². The lowest BCUT2D eigenvalue weighted by Crippen LogP contribution is -2.29. The first-order chi connectivity index (χ1) is 16.4. The molecule has 194 valence electrons. The molecule has 1 amide bonds. The average Bonchev–Trinajstić information content (AvgIpc) is 3.13. The van der Waals surface area contributed by atoms with E-state index < -0.39 is 6.04 Å². The monoisotopic (exact) mass is 496 g/mol. The zero-order chi connectivity index (χ0) is 25.0. The fraction of sp³-hybridized carbons (Fsp3) is 0.769. The van der Waals surface area contributed by atoms with Crippen molar-refractivity contribution in [2.24, 2.45) is 0 Å². The van der Waals surface area contributed by atoms with Crippen LogP contribution in [0.5, 0.6) is 0 Å². The van der Waals surface area contributed by atoms with E-state index in [0.717, 1.165) is 25.7 Å². The minimum absolute atomic E-state index is 0.176. The zero-order valence-corrected chi connectivity index (χ0v) is 21.8. The van der Waals surface area contributed by atoms with Crippen LogP contribution in [-0.4, -0.2) is 42.2 Å². The number of ether oxygens (including phenoxy) is 2. The number of rotatable bonds is 21. The van der Waals surface area contributed by atoms with E-state index in [2.05, 4.69) is 17.2 Å². The lowest BCUT2D eigenvalue weighted by atomic mass is 10.0. The topological polar surface area (TPSA) is 93.7 Å². The Labute approximate surface area is 210 Å². The van der Waals surface area contributed by atoms with E-state index in [9.17, 15) is 14.4 Å². The van der Waals surface area contributed by atoms with E-state index in [0.29, 0.717) is 30.3 Å². The van der Waals surface area contributed by atoms with E-state index in [1.807, 2.05) is 0 Å². The second-order valence-electron chi connectivity index (χ2n) is 9.14. The molecule has 1 saturated heterocycles. The van der Waals surface area contributed by atoms with Gasteiger partial charge in [-0.15, -0.1) is 0 Å². The standard InChI is InChI=1S/C26H44N2O5S/c1-21(2)25(31)33-20-16-14-12-10-8-6-4-3-5-7-9-11-13-15-19-32-23(29)18-17-22-24(30)28-26(34)27-22/h22H,1,3-20H2,2H3,(H2,27,28,30,34). The van der Waals surface area contributed by atoms with E-state index in [4.69, 9.17) is 21.7 Å². The third kappa shape index (κ3) is 15.8. The van der Waals surface area contributed by atoms with Crippen LogP contribution in [0.2, 0.25) is 0 Å². The van der Waals surface area contributed by atoms with Crippen LogP contribution in [0.25, 0.3) is 0 Å². The third-order valence-corrected chi connectivity index (χ3v) is 6.10. The minimum atomic E-state index is -0.420. The molecular formula is C26H44N2O5S. The molecule has 0 aromatic carbocycles. The summed E-state index contributed by atoms with van der Waals surface area (Å²) in [5.41, 5.74) is 0.465. The summed E-state index contributed by atoms with van der Waals surface area (Å²) < 4.78 is 10.3. The van der Waals surface area contributed by atoms with Gasteiger partial charge in [-0.05, 0) is 38.4 Å². The van der Waals surface area contributed by atoms with Gasteiger partial charge in [0.1, 0.15) is 6.04 Å². The summed E-state index contributed by atoms with van der Waals surface area (Å²) >= 11 is 4.87. The molecule has 1 heterocycles. The van der Waals surface area contributed by atoms with Gasteiger partial charge in [0.2, 0.25) is 5.91 Å². The Morgan fingerprint density at radius 1 is 0.824 bits per heavy atom. The Kier molecular flexibility index (Phi) is 17.1. The molecule has 1 atom stereocenters. The van der Waals surface area contributed by atoms with Gasteiger partial charge in [-0.25, -0.2) is 4.79 Å². The van der Waals surface area contributed by atoms with Crippen LogP contribution in [0.15, 0.2) is 12.2 Å². The lowest BCUT2D eigenvalue weighted by molar-refractivity contribution is -0.144. The van der Waals surface area contributed by atoms with Crippen LogP contribution in [-0.2, 0) is 23.9 Å². The maximum atomic E-state index is 11.8. The average molecular weight is 497 g/mol. The van der Waals surface area contributed by atoms with Crippen molar-refractivity contribution in [2.75, 3.05) is 13.2 Å². The molecule has 0 aromatic heterocycles. The third-order valence-electron chi connectivity index (χ3n) is 5.88. The highest BCUT2D eigenvalue weighted by Gasteiger charge is 2.27. The van der Waals surface area contributed by atoms with Crippen LogP contribution in [0, 0.1) is 0 Å². The summed E-state index contributed by atoms with van der Waals surface area (Å²) in [6, 6.07) is -0.420. The number of carbonyl (C=O) groups is 3. The van der Waals surface area contributed by atoms with Gasteiger partial charge in [0, 0.05) is 12.0 Å². The number of esters is 2. The first-order valence-electron chi connectivity index (χ1n) is 13.0. The molecule has 0 radical (unpaired) electrons. The molecule has 1 aliphatic heterocycles. The quantitative estimate of drug-likeness (QED) is 0.0968. The molecule has 2 N–H and O–H groups in total. The normalized spacial score (nSPS) is 15.0. The van der Waals surface area contributed by atoms with Gasteiger partial charge in [-0.1, -0.05) is 83.6 Å². The first kappa shape index (κ1) is 30.1. The smallest absolute Gasteiger partial charge is 0.333 e. The fourth-order valence-electron chi connectivity index (χ4n) is 3.80. The molecule has 8 heteroatoms. The number of carbonyl (C=O) groups excluding carboxylic acids is 3. The predicted octanol–water partition coefficient (Wildman–Crippen LogP) is 5.26. The fourth-order valence-corrected chi connectivity index (χ4v) is 4.04. The van der Waals surface area contributed by atoms with Gasteiger partial charge in [-0.3, -0.25) is 9.59 Å². The number of thiocarbonyl (C=S) groups is 1. The maximum absolute atomic E-state index is 11.8. The number of hydrogen-bond donors (Lipinski definition) is 2. The van der Waals surface area contributed by atoms with Crippen LogP contribution >= 0.6 is 12.2 Å². The van der Waals surface area contributed by atoms with Crippen LogP contribution in [0.1, 0.15) is 110 Å². The number of hydrogen-bond acceptors (Lipinski definition) is 6. The van der Waals surface area contributed by atoms with Crippen molar-refractivity contribution in [3.63, 3.8) is 0 Å². The van der Waals surface area contributed by atoms with E-state index in [1.165, 1.54) is 64.2 Å². The maximum Gasteiger partial charge on any atom is 0.333 e. The molecule has 0 aliphatic carbocycles. The highest BCUT2D eigenvalue weighted by Crippen LogP contribution is 2.13. The highest BCUT2D eigenvalue weighted by molar-refractivity contribution is 7.80. The van der Waals surface area contributed by atoms with Crippen LogP contribution in [0.4, 0.5) is 0 Å². The number of unbranched alkanes of at least 4 members (excludes halogenated alkanes) is 13. The van der Waals surface area contributed by atoms with E-state index in [-0.39, 0.29) is 24.3 Å². The summed E-state index contributed by atoms with van der Waals surface area (Å²) in [7, 11) is 0. The molecule has 0 aromatic rings. The molecule has 0 spiro atoms. The Morgan fingerprint density at radius 2 is 1.26 bits per heavy atom. The summed E-state index contributed by atoms with van der Waals surface area (Å²) in [4.78, 5) is 34.5. The van der Waals surface area contributed by atoms with Crippen molar-refractivity contribution < 1.29 is 23.9 Å². The number of amides is 1. The molecule has 1 fully saturated rings. The SMILES string of the molecule is C=C(C)C(=O)OCCCCCCCCCCCCCCCCOC(=O)CCC1NC(=S)NC1=O. The molecular weight excluding hydrogens is 452 g/mol. The van der Waals surface area contributed by atoms with Gasteiger partial charge in [0.05, 0.1) is 13.2 Å². The van der Waals surface area contributed by atoms with Crippen LogP contribution < -0.4 is 10.6 Å². The van der Waals surface area contributed by atoms with Gasteiger partial charge in [-0.2, -0.15) is 0 Å². The molecule has 0 bridgehead atoms. The second kappa shape index (κ2) is 19.4. The molecule has 1 aliphatic rings. The molecule has 1 unspecified atom stereocenters. The Balaban J connectivity index is 1.75. The number of nitrogens with one attached hydrogen (secondary N) is 2. The van der Waals surface area contributed by atoms with Crippen molar-refractivity contribution in [1.29, 1.82) is 0 Å². The summed E-state index contributed by atoms with van der Waals surface area (Å²) in [5.74, 6) is -0.712. The van der Waals surface area contributed by atoms with Gasteiger partial charge in [0.15, 0.2) is 5.11 Å². The van der Waals surface area contributed by atoms with Gasteiger partial charge >= 0.3 is 11.9 Å². The van der Waals surface area contributed by atoms with Gasteiger partial charge < -0.3 is 20.1 Å². The van der Waals surface area contributed by atoms with Gasteiger partial charge in [0.25, 0.3) is 0 Å². The Bertz CT molecular complexity index is 653. The summed E-state index contributed by atoms with van der Waals surface area (Å²) in [5, 5.41) is 5.68. The van der Waals surface area contributed by atoms with Crippen molar-refractivity contribution in [3.8, 4) is 0 Å². The molecule has 0 saturated carbocycles. The van der Waals surface area contributed by atoms with Crippen LogP contribution in [0.3, 0.4) is 0 Å². The van der Waals surface area contributed by atoms with Crippen molar-refractivity contribution >= 4 is 35.2 Å². The minimum Gasteiger partial charge on any atom is -0.466 e. The predicted molar refractivity (Wildman–Crippen MR) is 138 cm³/mol. The largest absolute Gasteiger partial charge is 0.466 e. The van der Waals surface area contributed by atoms with E-state index in [1.54, 1.807) is 6.92 Å². The van der Waals surface area contributed by atoms with Crippen molar-refractivity contribution in [2.45, 2.75) is 116 Å². The molecule has 1 rings (SSSR count). The Hall–Kier alpha value is -1.96. The lowest BCUT2D eigenvalue weighted by Gasteiger charge is -2.08. The second-order valence-corrected chi connectivity index (χ2v) is 9.55. The summed E-state index contributed by atoms with van der Waals surface area (Å²) in [6.07, 6.45) is 17.4. The highest BCUT2D eigenvalue weighted by atomic mass is 32.1. The zero-order valence-electron chi connectivity index (χ0n) is 21.0. The van der Waals surface area contributed by atoms with Crippen molar-refractivity contribution in [3.05, 3.63) is 12.2 Å². The molecule has 34 heavy (non-hydrogen) atoms. The summed E-state index contributed by atoms with van der Waals surface area (Å²) in [6.45, 7) is 6.21. The molecule has 7 nitrogen and oxygen atoms in total. The van der Waals surface area contributed by atoms with E-state index >= 15 is 0 Å². The Morgan fingerprint density at radius 3 is 1.68 bits per heavy atom. The first-order valence-corrected chi connectivity index (χ1v) is 13.4.